The van der Waals surface area contributed by atoms with Crippen molar-refractivity contribution in [1.82, 2.24) is 0 Å². The van der Waals surface area contributed by atoms with Crippen molar-refractivity contribution in [3.05, 3.63) is 82.9 Å². The van der Waals surface area contributed by atoms with Crippen LogP contribution in [-0.2, 0) is 6.42 Å². The van der Waals surface area contributed by atoms with Crippen molar-refractivity contribution in [2.45, 2.75) is 76.7 Å². The molecule has 0 unspecified atom stereocenters. The van der Waals surface area contributed by atoms with Crippen LogP contribution in [0.3, 0.4) is 0 Å². The number of anilines is 1. The molecule has 0 spiro atoms. The van der Waals surface area contributed by atoms with Crippen molar-refractivity contribution in [2.75, 3.05) is 25.1 Å². The molecule has 1 aliphatic heterocycles. The standard InChI is InChI=1S/C36H42FNO3/c37-20-3-1-2-5-25-8-14-30(15-9-25)41-31-16-10-26(11-17-31)36-32(7-4-6-27-23-29(39)13-18-33(27)36)28-12-19-34-35(24-28)40-22-21-38-34/h10-13,16-19,23-25,30,38-39H,1-9,14-15,20-22H2. The molecular formula is C36H42FNO3. The average Bonchev–Trinajstić information content (AvgIpc) is 3.19. The summed E-state index contributed by atoms with van der Waals surface area (Å²) in [6, 6.07) is 20.9. The highest BCUT2D eigenvalue weighted by molar-refractivity contribution is 6.00. The average molecular weight is 556 g/mol. The number of unbranched alkanes of at least 4 members (excludes halogenated alkanes) is 2. The Morgan fingerprint density at radius 2 is 1.71 bits per heavy atom. The van der Waals surface area contributed by atoms with Crippen LogP contribution in [0.5, 0.6) is 17.2 Å². The molecule has 0 saturated heterocycles. The second-order valence-electron chi connectivity index (χ2n) is 11.9. The molecule has 0 amide bonds. The van der Waals surface area contributed by atoms with Crippen LogP contribution in [0.25, 0.3) is 11.1 Å². The van der Waals surface area contributed by atoms with Gasteiger partial charge in [-0.15, -0.1) is 0 Å². The van der Waals surface area contributed by atoms with E-state index in [9.17, 15) is 9.50 Å². The molecule has 3 aromatic rings. The molecule has 6 rings (SSSR count). The molecule has 0 bridgehead atoms. The third-order valence-corrected chi connectivity index (χ3v) is 9.02. The lowest BCUT2D eigenvalue weighted by Gasteiger charge is -2.29. The Bertz CT molecular complexity index is 1360. The number of phenols is 1. The van der Waals surface area contributed by atoms with Gasteiger partial charge in [-0.25, -0.2) is 0 Å². The molecule has 5 heteroatoms. The van der Waals surface area contributed by atoms with Gasteiger partial charge in [0.2, 0.25) is 0 Å². The predicted molar refractivity (Wildman–Crippen MR) is 165 cm³/mol. The van der Waals surface area contributed by atoms with Crippen molar-refractivity contribution >= 4 is 16.8 Å². The number of rotatable bonds is 9. The van der Waals surface area contributed by atoms with Crippen LogP contribution in [0.15, 0.2) is 60.7 Å². The second-order valence-corrected chi connectivity index (χ2v) is 11.9. The normalized spacial score (nSPS) is 20.3. The van der Waals surface area contributed by atoms with Crippen LogP contribution in [0.1, 0.15) is 86.5 Å². The molecule has 2 aliphatic carbocycles. The molecule has 0 atom stereocenters. The van der Waals surface area contributed by atoms with E-state index in [1.54, 1.807) is 6.07 Å². The number of halogens is 1. The first-order valence-electron chi connectivity index (χ1n) is 15.6. The highest BCUT2D eigenvalue weighted by atomic mass is 19.1. The van der Waals surface area contributed by atoms with Crippen molar-refractivity contribution < 1.29 is 19.0 Å². The Balaban J connectivity index is 1.23. The quantitative estimate of drug-likeness (QED) is 0.259. The highest BCUT2D eigenvalue weighted by Gasteiger charge is 2.24. The van der Waals surface area contributed by atoms with Crippen LogP contribution < -0.4 is 14.8 Å². The molecule has 1 heterocycles. The lowest BCUT2D eigenvalue weighted by molar-refractivity contribution is 0.127. The number of aromatic hydroxyl groups is 1. The number of benzene rings is 3. The second kappa shape index (κ2) is 13.0. The summed E-state index contributed by atoms with van der Waals surface area (Å²) in [6.07, 6.45) is 11.9. The maximum absolute atomic E-state index is 12.4. The number of hydrogen-bond acceptors (Lipinski definition) is 4. The summed E-state index contributed by atoms with van der Waals surface area (Å²) >= 11 is 0. The molecule has 2 N–H and O–H groups in total. The van der Waals surface area contributed by atoms with Crippen molar-refractivity contribution in [3.63, 3.8) is 0 Å². The highest BCUT2D eigenvalue weighted by Crippen LogP contribution is 2.43. The number of ether oxygens (including phenoxy) is 2. The number of hydrogen-bond donors (Lipinski definition) is 2. The number of aryl methyl sites for hydroxylation is 1. The molecule has 216 valence electrons. The SMILES string of the molecule is Oc1ccc2c(c1)CCCC(c1ccc3c(c1)OCCN3)=C2c1ccc(OC2CCC(CCCCCF)CC2)cc1. The monoisotopic (exact) mass is 555 g/mol. The van der Waals surface area contributed by atoms with Gasteiger partial charge >= 0.3 is 0 Å². The van der Waals surface area contributed by atoms with E-state index in [2.05, 4.69) is 53.8 Å². The fourth-order valence-electron chi connectivity index (χ4n) is 6.85. The van der Waals surface area contributed by atoms with Gasteiger partial charge < -0.3 is 19.9 Å². The van der Waals surface area contributed by atoms with Gasteiger partial charge in [-0.05, 0) is 127 Å². The van der Waals surface area contributed by atoms with Gasteiger partial charge in [0.05, 0.1) is 18.5 Å². The lowest BCUT2D eigenvalue weighted by Crippen LogP contribution is -2.24. The van der Waals surface area contributed by atoms with E-state index in [-0.39, 0.29) is 12.8 Å². The van der Waals surface area contributed by atoms with Gasteiger partial charge in [0.15, 0.2) is 0 Å². The number of nitrogens with one attached hydrogen (secondary N) is 1. The van der Waals surface area contributed by atoms with Gasteiger partial charge in [-0.3, -0.25) is 4.39 Å². The fourth-order valence-corrected chi connectivity index (χ4v) is 6.85. The summed E-state index contributed by atoms with van der Waals surface area (Å²) < 4.78 is 24.8. The third kappa shape index (κ3) is 6.55. The topological polar surface area (TPSA) is 50.7 Å². The molecule has 4 nitrogen and oxygen atoms in total. The molecular weight excluding hydrogens is 513 g/mol. The summed E-state index contributed by atoms with van der Waals surface area (Å²) in [5.41, 5.74) is 8.30. The third-order valence-electron chi connectivity index (χ3n) is 9.02. The van der Waals surface area contributed by atoms with Crippen LogP contribution >= 0.6 is 0 Å². The van der Waals surface area contributed by atoms with E-state index in [1.807, 2.05) is 6.07 Å². The zero-order valence-electron chi connectivity index (χ0n) is 24.0. The van der Waals surface area contributed by atoms with Gasteiger partial charge in [0, 0.05) is 6.54 Å². The first kappa shape index (κ1) is 27.7. The van der Waals surface area contributed by atoms with E-state index in [4.69, 9.17) is 9.47 Å². The van der Waals surface area contributed by atoms with Crippen molar-refractivity contribution in [3.8, 4) is 17.2 Å². The Morgan fingerprint density at radius 1 is 0.878 bits per heavy atom. The molecule has 41 heavy (non-hydrogen) atoms. The Morgan fingerprint density at radius 3 is 2.54 bits per heavy atom. The first-order chi connectivity index (χ1) is 20.2. The fraction of sp³-hybridized carbons (Fsp3) is 0.444. The summed E-state index contributed by atoms with van der Waals surface area (Å²) in [5, 5.41) is 13.7. The van der Waals surface area contributed by atoms with E-state index < -0.39 is 0 Å². The maximum Gasteiger partial charge on any atom is 0.143 e. The number of phenolic OH excluding ortho intramolecular Hbond substituents is 1. The molecule has 1 saturated carbocycles. The summed E-state index contributed by atoms with van der Waals surface area (Å²) in [6.45, 7) is 1.32. The zero-order chi connectivity index (χ0) is 28.0. The maximum atomic E-state index is 12.4. The van der Waals surface area contributed by atoms with E-state index in [0.717, 1.165) is 80.2 Å². The van der Waals surface area contributed by atoms with Crippen LogP contribution in [0.2, 0.25) is 0 Å². The smallest absolute Gasteiger partial charge is 0.143 e. The van der Waals surface area contributed by atoms with Gasteiger partial charge in [0.1, 0.15) is 23.9 Å². The Labute approximate surface area is 243 Å². The van der Waals surface area contributed by atoms with Gasteiger partial charge in [-0.2, -0.15) is 0 Å². The van der Waals surface area contributed by atoms with Gasteiger partial charge in [-0.1, -0.05) is 43.5 Å². The zero-order valence-corrected chi connectivity index (χ0v) is 24.0. The van der Waals surface area contributed by atoms with E-state index in [0.29, 0.717) is 18.8 Å². The van der Waals surface area contributed by atoms with Crippen molar-refractivity contribution in [1.29, 1.82) is 0 Å². The lowest BCUT2D eigenvalue weighted by atomic mass is 9.84. The number of alkyl halides is 1. The first-order valence-corrected chi connectivity index (χ1v) is 15.6. The minimum Gasteiger partial charge on any atom is -0.508 e. The number of allylic oxidation sites excluding steroid dienone is 1. The minimum atomic E-state index is -0.186. The van der Waals surface area contributed by atoms with E-state index in [1.165, 1.54) is 47.1 Å². The molecule has 3 aromatic carbocycles. The molecule has 0 aromatic heterocycles. The summed E-state index contributed by atoms with van der Waals surface area (Å²) in [5.74, 6) is 2.92. The summed E-state index contributed by atoms with van der Waals surface area (Å²) in [7, 11) is 0. The molecule has 0 radical (unpaired) electrons. The largest absolute Gasteiger partial charge is 0.508 e. The summed E-state index contributed by atoms with van der Waals surface area (Å²) in [4.78, 5) is 0. The molecule has 3 aliphatic rings. The van der Waals surface area contributed by atoms with Crippen molar-refractivity contribution in [2.24, 2.45) is 5.92 Å². The Kier molecular flexibility index (Phi) is 8.79. The molecule has 1 fully saturated rings. The Hall–Kier alpha value is -3.47. The van der Waals surface area contributed by atoms with Crippen LogP contribution in [0.4, 0.5) is 10.1 Å². The number of fused-ring (bicyclic) bond motifs is 2. The van der Waals surface area contributed by atoms with E-state index >= 15 is 0 Å². The predicted octanol–water partition coefficient (Wildman–Crippen LogP) is 8.96. The van der Waals surface area contributed by atoms with Gasteiger partial charge in [0.25, 0.3) is 0 Å². The minimum absolute atomic E-state index is 0.186. The van der Waals surface area contributed by atoms with Crippen LogP contribution in [0, 0.1) is 5.92 Å². The van der Waals surface area contributed by atoms with Crippen LogP contribution in [-0.4, -0.2) is 31.0 Å².